The predicted molar refractivity (Wildman–Crippen MR) is 128 cm³/mol. The number of amidine groups is 2. The molecule has 160 valence electrons. The molecule has 0 aliphatic carbocycles. The summed E-state index contributed by atoms with van der Waals surface area (Å²) >= 11 is 1.22. The number of hydrazone groups is 1. The molecule has 0 spiro atoms. The molecule has 1 amide bonds. The van der Waals surface area contributed by atoms with E-state index in [2.05, 4.69) is 40.6 Å². The van der Waals surface area contributed by atoms with Crippen molar-refractivity contribution in [2.75, 3.05) is 0 Å². The summed E-state index contributed by atoms with van der Waals surface area (Å²) in [6.07, 6.45) is 3.30. The minimum absolute atomic E-state index is 0.00518. The number of nitrogens with zero attached hydrogens (tertiary/aromatic N) is 4. The van der Waals surface area contributed by atoms with E-state index < -0.39 is 5.91 Å². The maximum absolute atomic E-state index is 12.8. The van der Waals surface area contributed by atoms with Crippen LogP contribution in [0.3, 0.4) is 0 Å². The second-order valence-electron chi connectivity index (χ2n) is 7.78. The standard InChI is InChI=1S/C24H21N5O2S/c1-13-7-5-8-19(15(13)3)28-14(2)11-17(16(28)4)12-18-21(25)29-24(26-22(18)30)32-23(27-29)20-9-6-10-31-20/h5-12,25H,1-4H3/b18-12-,25-21?. The van der Waals surface area contributed by atoms with Gasteiger partial charge in [-0.15, -0.1) is 0 Å². The minimum atomic E-state index is -0.443. The van der Waals surface area contributed by atoms with Crippen LogP contribution in [-0.4, -0.2) is 31.5 Å². The van der Waals surface area contributed by atoms with E-state index >= 15 is 0 Å². The second kappa shape index (κ2) is 7.49. The first-order valence-electron chi connectivity index (χ1n) is 10.1. The molecule has 5 rings (SSSR count). The van der Waals surface area contributed by atoms with Crippen molar-refractivity contribution in [3.63, 3.8) is 0 Å². The largest absolute Gasteiger partial charge is 0.462 e. The molecular weight excluding hydrogens is 422 g/mol. The molecule has 0 saturated carbocycles. The Balaban J connectivity index is 1.55. The Morgan fingerprint density at radius 3 is 2.69 bits per heavy atom. The van der Waals surface area contributed by atoms with Gasteiger partial charge in [0.05, 0.1) is 11.8 Å². The first-order chi connectivity index (χ1) is 15.3. The zero-order valence-corrected chi connectivity index (χ0v) is 18.9. The van der Waals surface area contributed by atoms with Crippen LogP contribution in [0, 0.1) is 33.1 Å². The summed E-state index contributed by atoms with van der Waals surface area (Å²) < 4.78 is 7.57. The van der Waals surface area contributed by atoms with Crippen molar-refractivity contribution in [2.24, 2.45) is 10.1 Å². The highest BCUT2D eigenvalue weighted by atomic mass is 32.2. The van der Waals surface area contributed by atoms with Crippen molar-refractivity contribution in [1.29, 1.82) is 5.41 Å². The zero-order valence-electron chi connectivity index (χ0n) is 18.1. The molecule has 0 radical (unpaired) electrons. The molecular formula is C24H21N5O2S. The van der Waals surface area contributed by atoms with Crippen molar-refractivity contribution < 1.29 is 9.21 Å². The van der Waals surface area contributed by atoms with Gasteiger partial charge in [0.25, 0.3) is 5.91 Å². The van der Waals surface area contributed by atoms with Crippen LogP contribution in [0.15, 0.2) is 62.7 Å². The molecule has 3 aromatic rings. The van der Waals surface area contributed by atoms with Crippen LogP contribution in [0.1, 0.15) is 33.8 Å². The Morgan fingerprint density at radius 1 is 1.12 bits per heavy atom. The lowest BCUT2D eigenvalue weighted by molar-refractivity contribution is -0.114. The Bertz CT molecular complexity index is 1380. The van der Waals surface area contributed by atoms with Crippen LogP contribution >= 0.6 is 11.8 Å². The van der Waals surface area contributed by atoms with Gasteiger partial charge in [-0.1, -0.05) is 12.1 Å². The van der Waals surface area contributed by atoms with Gasteiger partial charge in [0.1, 0.15) is 0 Å². The number of rotatable bonds is 3. The van der Waals surface area contributed by atoms with Crippen LogP contribution < -0.4 is 0 Å². The molecule has 2 aliphatic heterocycles. The first-order valence-corrected chi connectivity index (χ1v) is 11.0. The monoisotopic (exact) mass is 443 g/mol. The Labute approximate surface area is 189 Å². The summed E-state index contributed by atoms with van der Waals surface area (Å²) in [5.74, 6) is 0.140. The van der Waals surface area contributed by atoms with Crippen LogP contribution in [0.2, 0.25) is 0 Å². The third-order valence-corrected chi connectivity index (χ3v) is 6.70. The van der Waals surface area contributed by atoms with Crippen LogP contribution in [0.25, 0.3) is 11.8 Å². The zero-order chi connectivity index (χ0) is 22.6. The molecule has 0 bridgehead atoms. The Hall–Kier alpha value is -3.65. The fraction of sp³-hybridized carbons (Fsp3) is 0.167. The SMILES string of the molecule is Cc1cccc(-n2c(C)cc(/C=C3/C(=N)N4N=C(c5ccco5)SC4=NC3=O)c2C)c1C. The third kappa shape index (κ3) is 3.15. The first kappa shape index (κ1) is 20.3. The number of aromatic nitrogens is 1. The van der Waals surface area contributed by atoms with Gasteiger partial charge >= 0.3 is 0 Å². The van der Waals surface area contributed by atoms with Gasteiger partial charge in [-0.05, 0) is 86.5 Å². The topological polar surface area (TPSA) is 86.9 Å². The minimum Gasteiger partial charge on any atom is -0.462 e. The summed E-state index contributed by atoms with van der Waals surface area (Å²) in [5, 5.41) is 15.4. The summed E-state index contributed by atoms with van der Waals surface area (Å²) in [6, 6.07) is 11.8. The number of fused-ring (bicyclic) bond motifs is 1. The van der Waals surface area contributed by atoms with Gasteiger partial charge < -0.3 is 8.98 Å². The fourth-order valence-electron chi connectivity index (χ4n) is 3.93. The highest BCUT2D eigenvalue weighted by Crippen LogP contribution is 2.32. The molecule has 0 saturated heterocycles. The van der Waals surface area contributed by atoms with E-state index in [9.17, 15) is 4.79 Å². The quantitative estimate of drug-likeness (QED) is 0.579. The lowest BCUT2D eigenvalue weighted by Gasteiger charge is -2.20. The number of aryl methyl sites for hydroxylation is 2. The van der Waals surface area contributed by atoms with Gasteiger partial charge in [0, 0.05) is 17.1 Å². The van der Waals surface area contributed by atoms with E-state index in [1.807, 2.05) is 26.0 Å². The summed E-state index contributed by atoms with van der Waals surface area (Å²) in [6.45, 7) is 8.26. The molecule has 2 aromatic heterocycles. The molecule has 8 heteroatoms. The number of nitrogens with one attached hydrogen (secondary N) is 1. The van der Waals surface area contributed by atoms with Crippen molar-refractivity contribution in [1.82, 2.24) is 9.58 Å². The number of hydrogen-bond acceptors (Lipinski definition) is 5. The van der Waals surface area contributed by atoms with Crippen molar-refractivity contribution >= 4 is 39.8 Å². The molecule has 0 unspecified atom stereocenters. The summed E-state index contributed by atoms with van der Waals surface area (Å²) in [4.78, 5) is 17.0. The van der Waals surface area contributed by atoms with E-state index in [1.54, 1.807) is 24.5 Å². The maximum atomic E-state index is 12.8. The van der Waals surface area contributed by atoms with E-state index in [0.717, 1.165) is 22.6 Å². The number of carbonyl (C=O) groups is 1. The normalized spacial score (nSPS) is 17.1. The molecule has 4 heterocycles. The van der Waals surface area contributed by atoms with E-state index in [1.165, 1.54) is 27.9 Å². The van der Waals surface area contributed by atoms with Crippen LogP contribution in [0.4, 0.5) is 0 Å². The summed E-state index contributed by atoms with van der Waals surface area (Å²) in [5.41, 5.74) is 6.67. The summed E-state index contributed by atoms with van der Waals surface area (Å²) in [7, 11) is 0. The van der Waals surface area contributed by atoms with Gasteiger partial charge in [-0.2, -0.15) is 15.1 Å². The molecule has 32 heavy (non-hydrogen) atoms. The lowest BCUT2D eigenvalue weighted by Crippen LogP contribution is -2.35. The van der Waals surface area contributed by atoms with Gasteiger partial charge in [-0.25, -0.2) is 0 Å². The molecule has 1 aromatic carbocycles. The van der Waals surface area contributed by atoms with Crippen LogP contribution in [-0.2, 0) is 4.79 Å². The molecule has 0 atom stereocenters. The highest BCUT2D eigenvalue weighted by molar-refractivity contribution is 8.27. The number of hydrogen-bond donors (Lipinski definition) is 1. The average Bonchev–Trinajstić information content (AvgIpc) is 3.48. The van der Waals surface area contributed by atoms with Gasteiger partial charge in [0.15, 0.2) is 16.6 Å². The fourth-order valence-corrected chi connectivity index (χ4v) is 4.79. The Morgan fingerprint density at radius 2 is 1.94 bits per heavy atom. The van der Waals surface area contributed by atoms with Crippen LogP contribution in [0.5, 0.6) is 0 Å². The number of amides is 1. The molecule has 2 aliphatic rings. The average molecular weight is 444 g/mol. The smallest absolute Gasteiger partial charge is 0.283 e. The molecule has 7 nitrogen and oxygen atoms in total. The van der Waals surface area contributed by atoms with Crippen molar-refractivity contribution in [2.45, 2.75) is 27.7 Å². The third-order valence-electron chi connectivity index (χ3n) is 5.77. The highest BCUT2D eigenvalue weighted by Gasteiger charge is 2.36. The number of carbonyl (C=O) groups excluding carboxylic acids is 1. The Kier molecular flexibility index (Phi) is 4.74. The molecule has 0 fully saturated rings. The van der Waals surface area contributed by atoms with E-state index in [4.69, 9.17) is 9.83 Å². The number of thioether (sulfide) groups is 1. The van der Waals surface area contributed by atoms with Gasteiger partial charge in [-0.3, -0.25) is 10.2 Å². The van der Waals surface area contributed by atoms with E-state index in [0.29, 0.717) is 16.0 Å². The van der Waals surface area contributed by atoms with E-state index in [-0.39, 0.29) is 11.4 Å². The second-order valence-corrected chi connectivity index (χ2v) is 8.74. The lowest BCUT2D eigenvalue weighted by atomic mass is 10.1. The number of aliphatic imine (C=N–C) groups is 1. The van der Waals surface area contributed by atoms with Crippen molar-refractivity contribution in [3.05, 3.63) is 82.1 Å². The maximum Gasteiger partial charge on any atom is 0.283 e. The number of benzene rings is 1. The predicted octanol–water partition coefficient (Wildman–Crippen LogP) is 4.97. The van der Waals surface area contributed by atoms with Crippen molar-refractivity contribution in [3.8, 4) is 5.69 Å². The van der Waals surface area contributed by atoms with Gasteiger partial charge in [0.2, 0.25) is 5.17 Å². The number of furan rings is 1. The molecule has 1 N–H and O–H groups in total.